The zero-order valence-electron chi connectivity index (χ0n) is 18.2. The Bertz CT molecular complexity index is 898. The molecule has 4 bridgehead atoms. The largest absolute Gasteiger partial charge is 0.469 e. The lowest BCUT2D eigenvalue weighted by atomic mass is 9.48. The molecule has 2 heterocycles. The maximum atomic E-state index is 12.8. The lowest BCUT2D eigenvalue weighted by molar-refractivity contribution is -0.123. The first kappa shape index (κ1) is 20.2. The third-order valence-corrected chi connectivity index (χ3v) is 8.81. The molecule has 0 radical (unpaired) electrons. The van der Waals surface area contributed by atoms with Crippen LogP contribution >= 0.6 is 11.8 Å². The standard InChI is InChI=1S/C23H32N4O2S/c1-4-27-21(19-5-6-29-14(19)2)25-26-22(27)30-13-20(28)24-15(3)23-10-16-7-17(11-23)9-18(8-16)12-23/h5-6,15-18H,4,7-13H2,1-3H3,(H,24,28)/t15-,16?,17?,18?,23?/m1/s1. The maximum absolute atomic E-state index is 12.8. The molecule has 0 aromatic carbocycles. The molecule has 4 fully saturated rings. The van der Waals surface area contributed by atoms with Crippen LogP contribution < -0.4 is 5.32 Å². The summed E-state index contributed by atoms with van der Waals surface area (Å²) in [6, 6.07) is 2.17. The van der Waals surface area contributed by atoms with Crippen molar-refractivity contribution >= 4 is 17.7 Å². The second kappa shape index (κ2) is 7.74. The molecule has 1 N–H and O–H groups in total. The van der Waals surface area contributed by atoms with Crippen molar-refractivity contribution in [2.45, 2.75) is 77.0 Å². The molecule has 4 saturated carbocycles. The topological polar surface area (TPSA) is 73.0 Å². The van der Waals surface area contributed by atoms with Crippen LogP contribution in [0.2, 0.25) is 0 Å². The smallest absolute Gasteiger partial charge is 0.230 e. The number of nitrogens with zero attached hydrogens (tertiary/aromatic N) is 3. The van der Waals surface area contributed by atoms with E-state index in [1.165, 1.54) is 50.3 Å². The predicted molar refractivity (Wildman–Crippen MR) is 117 cm³/mol. The SMILES string of the molecule is CCn1c(SCC(=O)N[C@H](C)C23CC4CC(CC(C4)C2)C3)nnc1-c1ccoc1C. The monoisotopic (exact) mass is 428 g/mol. The summed E-state index contributed by atoms with van der Waals surface area (Å²) in [4.78, 5) is 12.8. The number of carbonyl (C=O) groups is 1. The van der Waals surface area contributed by atoms with Gasteiger partial charge in [-0.1, -0.05) is 11.8 Å². The van der Waals surface area contributed by atoms with Crippen LogP contribution in [0.5, 0.6) is 0 Å². The number of aryl methyl sites for hydroxylation is 1. The summed E-state index contributed by atoms with van der Waals surface area (Å²) in [5.74, 6) is 4.81. The van der Waals surface area contributed by atoms with Crippen molar-refractivity contribution in [2.75, 3.05) is 5.75 Å². The van der Waals surface area contributed by atoms with Crippen molar-refractivity contribution in [3.8, 4) is 11.4 Å². The highest BCUT2D eigenvalue weighted by molar-refractivity contribution is 7.99. The van der Waals surface area contributed by atoms with Gasteiger partial charge in [0.2, 0.25) is 5.91 Å². The van der Waals surface area contributed by atoms with Gasteiger partial charge in [0.05, 0.1) is 17.6 Å². The summed E-state index contributed by atoms with van der Waals surface area (Å²) in [5.41, 5.74) is 1.29. The van der Waals surface area contributed by atoms with E-state index in [0.717, 1.165) is 46.6 Å². The van der Waals surface area contributed by atoms with Crippen LogP contribution in [0.4, 0.5) is 0 Å². The van der Waals surface area contributed by atoms with Crippen molar-refractivity contribution in [3.63, 3.8) is 0 Å². The van der Waals surface area contributed by atoms with E-state index in [9.17, 15) is 4.79 Å². The molecular weight excluding hydrogens is 396 g/mol. The average Bonchev–Trinajstić information content (AvgIpc) is 3.30. The van der Waals surface area contributed by atoms with Crippen molar-refractivity contribution in [1.29, 1.82) is 0 Å². The van der Waals surface area contributed by atoms with Gasteiger partial charge in [-0.15, -0.1) is 10.2 Å². The van der Waals surface area contributed by atoms with Crippen LogP contribution in [-0.4, -0.2) is 32.5 Å². The Morgan fingerprint density at radius 1 is 1.27 bits per heavy atom. The first-order valence-corrected chi connectivity index (χ1v) is 12.4. The Balaban J connectivity index is 1.22. The number of hydrogen-bond acceptors (Lipinski definition) is 5. The van der Waals surface area contributed by atoms with Gasteiger partial charge in [0.25, 0.3) is 0 Å². The minimum Gasteiger partial charge on any atom is -0.469 e. The fraction of sp³-hybridized carbons (Fsp3) is 0.696. The molecule has 0 saturated heterocycles. The molecule has 0 aliphatic heterocycles. The highest BCUT2D eigenvalue weighted by Crippen LogP contribution is 2.61. The molecule has 1 amide bonds. The minimum atomic E-state index is 0.106. The van der Waals surface area contributed by atoms with Gasteiger partial charge >= 0.3 is 0 Å². The Hall–Kier alpha value is -1.76. The van der Waals surface area contributed by atoms with E-state index >= 15 is 0 Å². The molecule has 4 aliphatic carbocycles. The highest BCUT2D eigenvalue weighted by atomic mass is 32.2. The quantitative estimate of drug-likeness (QED) is 0.648. The fourth-order valence-electron chi connectivity index (χ4n) is 6.77. The summed E-state index contributed by atoms with van der Waals surface area (Å²) in [5, 5.41) is 12.8. The van der Waals surface area contributed by atoms with Gasteiger partial charge in [0, 0.05) is 12.6 Å². The van der Waals surface area contributed by atoms with Gasteiger partial charge in [-0.3, -0.25) is 4.79 Å². The zero-order valence-corrected chi connectivity index (χ0v) is 19.0. The molecule has 7 heteroatoms. The first-order valence-electron chi connectivity index (χ1n) is 11.4. The summed E-state index contributed by atoms with van der Waals surface area (Å²) >= 11 is 1.47. The van der Waals surface area contributed by atoms with E-state index in [-0.39, 0.29) is 11.9 Å². The lowest BCUT2D eigenvalue weighted by Crippen LogP contribution is -2.56. The molecule has 2 aromatic rings. The van der Waals surface area contributed by atoms with E-state index in [0.29, 0.717) is 11.2 Å². The Labute approximate surface area is 182 Å². The molecule has 30 heavy (non-hydrogen) atoms. The third kappa shape index (κ3) is 3.49. The van der Waals surface area contributed by atoms with E-state index in [1.54, 1.807) is 6.26 Å². The fourth-order valence-corrected chi connectivity index (χ4v) is 7.58. The number of amides is 1. The molecule has 162 valence electrons. The molecule has 1 atom stereocenters. The number of thioether (sulfide) groups is 1. The van der Waals surface area contributed by atoms with Crippen molar-refractivity contribution < 1.29 is 9.21 Å². The number of hydrogen-bond donors (Lipinski definition) is 1. The lowest BCUT2D eigenvalue weighted by Gasteiger charge is -2.59. The number of rotatable bonds is 7. The second-order valence-corrected chi connectivity index (χ2v) is 10.7. The Morgan fingerprint density at radius 2 is 1.93 bits per heavy atom. The first-order chi connectivity index (χ1) is 14.5. The molecule has 0 unspecified atom stereocenters. The van der Waals surface area contributed by atoms with Crippen molar-refractivity contribution in [1.82, 2.24) is 20.1 Å². The Morgan fingerprint density at radius 3 is 2.50 bits per heavy atom. The summed E-state index contributed by atoms with van der Waals surface area (Å²) < 4.78 is 7.47. The van der Waals surface area contributed by atoms with E-state index < -0.39 is 0 Å². The van der Waals surface area contributed by atoms with E-state index in [1.807, 2.05) is 13.0 Å². The molecule has 6 rings (SSSR count). The second-order valence-electron chi connectivity index (χ2n) is 9.80. The van der Waals surface area contributed by atoms with Gasteiger partial charge in [-0.2, -0.15) is 0 Å². The summed E-state index contributed by atoms with van der Waals surface area (Å²) in [6.45, 7) is 6.99. The molecule has 0 spiro atoms. The summed E-state index contributed by atoms with van der Waals surface area (Å²) in [6.07, 6.45) is 9.90. The van der Waals surface area contributed by atoms with Crippen LogP contribution in [-0.2, 0) is 11.3 Å². The number of carbonyl (C=O) groups excluding carboxylic acids is 1. The minimum absolute atomic E-state index is 0.106. The van der Waals surface area contributed by atoms with Gasteiger partial charge in [0.1, 0.15) is 5.76 Å². The normalized spacial score (nSPS) is 30.6. The van der Waals surface area contributed by atoms with Crippen LogP contribution in [0.1, 0.15) is 58.1 Å². The van der Waals surface area contributed by atoms with Gasteiger partial charge in [-0.05, 0) is 88.5 Å². The number of aromatic nitrogens is 3. The van der Waals surface area contributed by atoms with Crippen LogP contribution in [0.25, 0.3) is 11.4 Å². The number of furan rings is 1. The highest BCUT2D eigenvalue weighted by Gasteiger charge is 2.53. The number of nitrogens with one attached hydrogen (secondary N) is 1. The van der Waals surface area contributed by atoms with Crippen molar-refractivity contribution in [3.05, 3.63) is 18.1 Å². The van der Waals surface area contributed by atoms with Gasteiger partial charge in [0.15, 0.2) is 11.0 Å². The van der Waals surface area contributed by atoms with E-state index in [4.69, 9.17) is 4.42 Å². The molecule has 6 nitrogen and oxygen atoms in total. The third-order valence-electron chi connectivity index (χ3n) is 7.85. The maximum Gasteiger partial charge on any atom is 0.230 e. The summed E-state index contributed by atoms with van der Waals surface area (Å²) in [7, 11) is 0. The van der Waals surface area contributed by atoms with Gasteiger partial charge < -0.3 is 14.3 Å². The van der Waals surface area contributed by atoms with Gasteiger partial charge in [-0.25, -0.2) is 0 Å². The molecular formula is C23H32N4O2S. The Kier molecular flexibility index (Phi) is 5.20. The zero-order chi connectivity index (χ0) is 20.9. The van der Waals surface area contributed by atoms with Crippen molar-refractivity contribution in [2.24, 2.45) is 23.2 Å². The van der Waals surface area contributed by atoms with Crippen LogP contribution in [0.3, 0.4) is 0 Å². The van der Waals surface area contributed by atoms with Crippen LogP contribution in [0, 0.1) is 30.1 Å². The molecule has 2 aromatic heterocycles. The molecule has 4 aliphatic rings. The van der Waals surface area contributed by atoms with Crippen LogP contribution in [0.15, 0.2) is 21.9 Å². The predicted octanol–water partition coefficient (Wildman–Crippen LogP) is 4.68. The van der Waals surface area contributed by atoms with E-state index in [2.05, 4.69) is 33.9 Å². The average molecular weight is 429 g/mol.